The molecule has 0 heterocycles. The first-order valence-corrected chi connectivity index (χ1v) is 6.43. The summed E-state index contributed by atoms with van der Waals surface area (Å²) >= 11 is 0. The minimum atomic E-state index is -4.01. The van der Waals surface area contributed by atoms with Crippen molar-refractivity contribution in [3.05, 3.63) is 60.2 Å². The van der Waals surface area contributed by atoms with Gasteiger partial charge in [0.25, 0.3) is 0 Å². The largest absolute Gasteiger partial charge is 0.482 e. The van der Waals surface area contributed by atoms with E-state index in [1.54, 1.807) is 6.07 Å². The predicted molar refractivity (Wildman–Crippen MR) is 77.1 cm³/mol. The SMILES string of the molecule is CC(=O)c1ccc(NC(=O)C(F)(F)Oc2ccccc2)cc1. The fourth-order valence-electron chi connectivity index (χ4n) is 1.68. The molecule has 2 rings (SSSR count). The van der Waals surface area contributed by atoms with E-state index in [-0.39, 0.29) is 17.2 Å². The van der Waals surface area contributed by atoms with Crippen molar-refractivity contribution in [1.29, 1.82) is 0 Å². The molecular formula is C16H13F2NO3. The molecular weight excluding hydrogens is 292 g/mol. The van der Waals surface area contributed by atoms with Gasteiger partial charge in [-0.05, 0) is 43.3 Å². The number of ether oxygens (including phenoxy) is 1. The van der Waals surface area contributed by atoms with Crippen molar-refractivity contribution < 1.29 is 23.1 Å². The number of alkyl halides is 2. The molecule has 0 saturated carbocycles. The molecule has 0 aliphatic heterocycles. The quantitative estimate of drug-likeness (QED) is 0.860. The number of hydrogen-bond acceptors (Lipinski definition) is 3. The molecule has 114 valence electrons. The minimum absolute atomic E-state index is 0.116. The Bertz CT molecular complexity index is 670. The maximum atomic E-state index is 13.7. The van der Waals surface area contributed by atoms with Crippen LogP contribution in [-0.2, 0) is 4.79 Å². The first-order chi connectivity index (χ1) is 10.4. The number of nitrogens with one attached hydrogen (secondary N) is 1. The van der Waals surface area contributed by atoms with Gasteiger partial charge >= 0.3 is 12.0 Å². The van der Waals surface area contributed by atoms with Gasteiger partial charge in [-0.15, -0.1) is 0 Å². The number of carbonyl (C=O) groups is 2. The third-order valence-corrected chi connectivity index (χ3v) is 2.80. The number of benzene rings is 2. The highest BCUT2D eigenvalue weighted by Crippen LogP contribution is 2.23. The normalized spacial score (nSPS) is 10.9. The molecule has 0 aromatic heterocycles. The van der Waals surface area contributed by atoms with Crippen molar-refractivity contribution in [3.8, 4) is 5.75 Å². The van der Waals surface area contributed by atoms with Crippen LogP contribution in [0.4, 0.5) is 14.5 Å². The van der Waals surface area contributed by atoms with Crippen LogP contribution in [0.25, 0.3) is 0 Å². The Morgan fingerprint density at radius 2 is 1.59 bits per heavy atom. The summed E-state index contributed by atoms with van der Waals surface area (Å²) in [7, 11) is 0. The number of carbonyl (C=O) groups excluding carboxylic acids is 2. The lowest BCUT2D eigenvalue weighted by atomic mass is 10.1. The van der Waals surface area contributed by atoms with Gasteiger partial charge < -0.3 is 10.1 Å². The lowest BCUT2D eigenvalue weighted by molar-refractivity contribution is -0.187. The molecule has 2 aromatic carbocycles. The van der Waals surface area contributed by atoms with E-state index in [2.05, 4.69) is 4.74 Å². The van der Waals surface area contributed by atoms with Gasteiger partial charge in [0.05, 0.1) is 0 Å². The molecule has 0 spiro atoms. The Balaban J connectivity index is 2.05. The molecule has 0 aliphatic rings. The average molecular weight is 305 g/mol. The highest BCUT2D eigenvalue weighted by Gasteiger charge is 2.42. The molecule has 0 aliphatic carbocycles. The number of anilines is 1. The van der Waals surface area contributed by atoms with Crippen LogP contribution in [0, 0.1) is 0 Å². The van der Waals surface area contributed by atoms with Crippen LogP contribution in [0.15, 0.2) is 54.6 Å². The van der Waals surface area contributed by atoms with E-state index in [0.29, 0.717) is 5.56 Å². The Morgan fingerprint density at radius 3 is 2.14 bits per heavy atom. The smallest absolute Gasteiger partial charge is 0.425 e. The fraction of sp³-hybridized carbons (Fsp3) is 0.125. The van der Waals surface area contributed by atoms with Crippen molar-refractivity contribution >= 4 is 17.4 Å². The first kappa shape index (κ1) is 15.6. The van der Waals surface area contributed by atoms with Gasteiger partial charge in [0.2, 0.25) is 0 Å². The Hall–Kier alpha value is -2.76. The van der Waals surface area contributed by atoms with Crippen LogP contribution in [0.2, 0.25) is 0 Å². The first-order valence-electron chi connectivity index (χ1n) is 6.43. The molecule has 22 heavy (non-hydrogen) atoms. The Morgan fingerprint density at radius 1 is 1.00 bits per heavy atom. The summed E-state index contributed by atoms with van der Waals surface area (Å²) in [5, 5.41) is 2.04. The van der Waals surface area contributed by atoms with Gasteiger partial charge in [-0.25, -0.2) is 0 Å². The van der Waals surface area contributed by atoms with Crippen LogP contribution in [0.1, 0.15) is 17.3 Å². The Labute approximate surface area is 125 Å². The van der Waals surface area contributed by atoms with E-state index in [1.165, 1.54) is 55.5 Å². The maximum absolute atomic E-state index is 13.7. The molecule has 0 radical (unpaired) electrons. The minimum Gasteiger partial charge on any atom is -0.425 e. The zero-order chi connectivity index (χ0) is 16.2. The molecule has 4 nitrogen and oxygen atoms in total. The van der Waals surface area contributed by atoms with Gasteiger partial charge in [0.1, 0.15) is 5.75 Å². The van der Waals surface area contributed by atoms with Gasteiger partial charge in [0.15, 0.2) is 5.78 Å². The number of para-hydroxylation sites is 1. The van der Waals surface area contributed by atoms with Gasteiger partial charge in [-0.2, -0.15) is 8.78 Å². The predicted octanol–water partition coefficient (Wildman–Crippen LogP) is 3.50. The van der Waals surface area contributed by atoms with Gasteiger partial charge in [0, 0.05) is 11.3 Å². The topological polar surface area (TPSA) is 55.4 Å². The van der Waals surface area contributed by atoms with Crippen LogP contribution in [-0.4, -0.2) is 17.8 Å². The molecule has 0 bridgehead atoms. The van der Waals surface area contributed by atoms with Gasteiger partial charge in [-0.1, -0.05) is 18.2 Å². The zero-order valence-electron chi connectivity index (χ0n) is 11.7. The number of ketones is 1. The zero-order valence-corrected chi connectivity index (χ0v) is 11.7. The second kappa shape index (κ2) is 6.34. The van der Waals surface area contributed by atoms with E-state index < -0.39 is 12.0 Å². The third-order valence-electron chi connectivity index (χ3n) is 2.80. The molecule has 0 atom stereocenters. The van der Waals surface area contributed by atoms with E-state index in [1.807, 2.05) is 5.32 Å². The summed E-state index contributed by atoms with van der Waals surface area (Å²) < 4.78 is 31.8. The average Bonchev–Trinajstić information content (AvgIpc) is 2.48. The summed E-state index contributed by atoms with van der Waals surface area (Å²) in [6, 6.07) is 12.9. The highest BCUT2D eigenvalue weighted by atomic mass is 19.3. The maximum Gasteiger partial charge on any atom is 0.482 e. The van der Waals surface area contributed by atoms with Crippen molar-refractivity contribution in [3.63, 3.8) is 0 Å². The highest BCUT2D eigenvalue weighted by molar-refractivity contribution is 5.97. The second-order valence-electron chi connectivity index (χ2n) is 4.52. The van der Waals surface area contributed by atoms with Crippen molar-refractivity contribution in [2.75, 3.05) is 5.32 Å². The summed E-state index contributed by atoms with van der Waals surface area (Å²) in [5.41, 5.74) is 0.566. The molecule has 0 saturated heterocycles. The van der Waals surface area contributed by atoms with E-state index >= 15 is 0 Å². The molecule has 2 aromatic rings. The number of rotatable bonds is 5. The van der Waals surface area contributed by atoms with Crippen LogP contribution in [0.5, 0.6) is 5.75 Å². The molecule has 6 heteroatoms. The van der Waals surface area contributed by atoms with E-state index in [4.69, 9.17) is 0 Å². The summed E-state index contributed by atoms with van der Waals surface area (Å²) in [5.74, 6) is -1.86. The molecule has 1 N–H and O–H groups in total. The van der Waals surface area contributed by atoms with Crippen molar-refractivity contribution in [2.24, 2.45) is 0 Å². The molecule has 1 amide bonds. The van der Waals surface area contributed by atoms with E-state index in [9.17, 15) is 18.4 Å². The number of hydrogen-bond donors (Lipinski definition) is 1. The Kier molecular flexibility index (Phi) is 4.50. The lowest BCUT2D eigenvalue weighted by Gasteiger charge is -2.17. The van der Waals surface area contributed by atoms with Crippen molar-refractivity contribution in [1.82, 2.24) is 0 Å². The van der Waals surface area contributed by atoms with Crippen molar-refractivity contribution in [2.45, 2.75) is 13.0 Å². The second-order valence-corrected chi connectivity index (χ2v) is 4.52. The number of halogens is 2. The van der Waals surface area contributed by atoms with Crippen LogP contribution < -0.4 is 10.1 Å². The molecule has 0 fully saturated rings. The summed E-state index contributed by atoms with van der Waals surface area (Å²) in [6.45, 7) is 1.38. The fourth-order valence-corrected chi connectivity index (χ4v) is 1.68. The number of Topliss-reactive ketones (excluding diaryl/α,β-unsaturated/α-hetero) is 1. The summed E-state index contributed by atoms with van der Waals surface area (Å²) in [4.78, 5) is 22.7. The molecule has 0 unspecified atom stereocenters. The van der Waals surface area contributed by atoms with Crippen LogP contribution >= 0.6 is 0 Å². The van der Waals surface area contributed by atoms with Gasteiger partial charge in [-0.3, -0.25) is 9.59 Å². The standard InChI is InChI=1S/C16H13F2NO3/c1-11(20)12-7-9-13(10-8-12)19-15(21)16(17,18)22-14-5-3-2-4-6-14/h2-10H,1H3,(H,19,21). The lowest BCUT2D eigenvalue weighted by Crippen LogP contribution is -2.39. The number of amides is 1. The summed E-state index contributed by atoms with van der Waals surface area (Å²) in [6.07, 6.45) is -4.01. The van der Waals surface area contributed by atoms with Crippen LogP contribution in [0.3, 0.4) is 0 Å². The third kappa shape index (κ3) is 3.88. The monoisotopic (exact) mass is 305 g/mol. The van der Waals surface area contributed by atoms with E-state index in [0.717, 1.165) is 0 Å².